The van der Waals surface area contributed by atoms with Gasteiger partial charge in [-0.05, 0) is 29.8 Å². The largest absolute Gasteiger partial charge is 0.334 e. The molecule has 0 fully saturated rings. The Hall–Kier alpha value is -4.91. The van der Waals surface area contributed by atoms with Crippen molar-refractivity contribution in [3.8, 4) is 18.2 Å². The molecule has 0 saturated carbocycles. The summed E-state index contributed by atoms with van der Waals surface area (Å²) < 4.78 is 26.5. The average Bonchev–Trinajstić information content (AvgIpc) is 3.08. The number of sulfone groups is 1. The Balaban J connectivity index is 2.22. The molecule has 7 nitrogen and oxygen atoms in total. The Morgan fingerprint density at radius 3 is 2.34 bits per heavy atom. The summed E-state index contributed by atoms with van der Waals surface area (Å²) >= 11 is 5.98. The monoisotopic (exact) mass is 493 g/mol. The molecule has 1 heterocycles. The normalized spacial score (nSPS) is 15.6. The van der Waals surface area contributed by atoms with Crippen molar-refractivity contribution in [3.63, 3.8) is 0 Å². The Bertz CT molecular complexity index is 1630. The van der Waals surface area contributed by atoms with Crippen LogP contribution >= 0.6 is 11.6 Å². The molecule has 2 aromatic carbocycles. The van der Waals surface area contributed by atoms with Gasteiger partial charge in [-0.3, -0.25) is 4.85 Å². The van der Waals surface area contributed by atoms with Gasteiger partial charge in [-0.15, -0.1) is 0 Å². The Kier molecular flexibility index (Phi) is 7.31. The predicted octanol–water partition coefficient (Wildman–Crippen LogP) is 5.51. The lowest BCUT2D eigenvalue weighted by molar-refractivity contribution is 0.604. The van der Waals surface area contributed by atoms with Gasteiger partial charge >= 0.3 is 6.04 Å². The van der Waals surface area contributed by atoms with Crippen molar-refractivity contribution in [2.24, 2.45) is 0 Å². The van der Waals surface area contributed by atoms with E-state index in [-0.39, 0.29) is 42.8 Å². The number of rotatable bonds is 5. The van der Waals surface area contributed by atoms with Crippen LogP contribution in [0.5, 0.6) is 0 Å². The van der Waals surface area contributed by atoms with Crippen molar-refractivity contribution in [1.82, 2.24) is 0 Å². The van der Waals surface area contributed by atoms with Crippen LogP contribution in [0.2, 0.25) is 5.02 Å². The first-order valence-electron chi connectivity index (χ1n) is 9.75. The minimum Gasteiger partial charge on any atom is -0.292 e. The van der Waals surface area contributed by atoms with Gasteiger partial charge in [-0.1, -0.05) is 54.1 Å². The van der Waals surface area contributed by atoms with Crippen molar-refractivity contribution < 1.29 is 8.42 Å². The zero-order chi connectivity index (χ0) is 25.6. The first-order chi connectivity index (χ1) is 16.8. The summed E-state index contributed by atoms with van der Waals surface area (Å²) in [6.45, 7) is 14.7. The van der Waals surface area contributed by atoms with E-state index >= 15 is 0 Å². The quantitative estimate of drug-likeness (QED) is 0.309. The second-order valence-electron chi connectivity index (χ2n) is 6.95. The maximum Gasteiger partial charge on any atom is 0.334 e. The van der Waals surface area contributed by atoms with E-state index in [0.29, 0.717) is 5.56 Å². The molecule has 0 saturated heterocycles. The molecular formula is C26H12ClN5O2S. The van der Waals surface area contributed by atoms with Crippen molar-refractivity contribution in [1.29, 1.82) is 15.8 Å². The first kappa shape index (κ1) is 24.7. The third-order valence-corrected chi connectivity index (χ3v) is 7.11. The summed E-state index contributed by atoms with van der Waals surface area (Å²) in [6.07, 6.45) is 3.75. The molecule has 1 aliphatic rings. The summed E-state index contributed by atoms with van der Waals surface area (Å²) in [5, 5.41) is 28.8. The molecule has 1 aliphatic heterocycles. The molecule has 0 amide bonds. The third-order valence-electron chi connectivity index (χ3n) is 5.02. The van der Waals surface area contributed by atoms with Gasteiger partial charge in [0.25, 0.3) is 5.70 Å². The lowest BCUT2D eigenvalue weighted by Crippen LogP contribution is -2.03. The summed E-state index contributed by atoms with van der Waals surface area (Å²) in [5.41, 5.74) is 0.463. The highest BCUT2D eigenvalue weighted by Gasteiger charge is 2.40. The van der Waals surface area contributed by atoms with Crippen LogP contribution in [0.3, 0.4) is 0 Å². The number of benzene rings is 2. The van der Waals surface area contributed by atoms with Crippen molar-refractivity contribution in [3.05, 3.63) is 122 Å². The van der Waals surface area contributed by atoms with Crippen molar-refractivity contribution >= 4 is 32.6 Å². The van der Waals surface area contributed by atoms with E-state index in [1.165, 1.54) is 36.4 Å². The molecule has 0 spiro atoms. The second-order valence-corrected chi connectivity index (χ2v) is 9.27. The maximum absolute atomic E-state index is 13.2. The van der Waals surface area contributed by atoms with E-state index < -0.39 is 15.9 Å². The first-order valence-corrected chi connectivity index (χ1v) is 11.6. The van der Waals surface area contributed by atoms with Crippen LogP contribution in [0, 0.1) is 47.1 Å². The number of nitriles is 3. The minimum absolute atomic E-state index is 0.0232. The Morgan fingerprint density at radius 2 is 1.77 bits per heavy atom. The Labute approximate surface area is 207 Å². The SMILES string of the molecule is [C-]#[N+]/C(C#N)=C(/C(C#N)=C/C=C/C1=C(C(C#N)[N+]#[C-])c2ccc(Cl)cc2S1(=O)=O)c1ccccc1. The molecule has 1 atom stereocenters. The lowest BCUT2D eigenvalue weighted by atomic mass is 9.96. The number of hydrogen-bond donors (Lipinski definition) is 0. The molecule has 3 rings (SSSR count). The fourth-order valence-electron chi connectivity index (χ4n) is 3.53. The van der Waals surface area contributed by atoms with E-state index in [9.17, 15) is 24.2 Å². The highest BCUT2D eigenvalue weighted by Crippen LogP contribution is 2.43. The highest BCUT2D eigenvalue weighted by atomic mass is 35.5. The van der Waals surface area contributed by atoms with Gasteiger partial charge in [0.2, 0.25) is 9.84 Å². The molecule has 1 unspecified atom stereocenters. The molecular weight excluding hydrogens is 482 g/mol. The average molecular weight is 494 g/mol. The molecule has 35 heavy (non-hydrogen) atoms. The van der Waals surface area contributed by atoms with E-state index in [0.717, 1.165) is 0 Å². The number of hydrogen-bond acceptors (Lipinski definition) is 5. The number of allylic oxidation sites excluding steroid dienone is 6. The van der Waals surface area contributed by atoms with Gasteiger partial charge in [0.15, 0.2) is 6.07 Å². The number of nitrogens with zero attached hydrogens (tertiary/aromatic N) is 5. The molecule has 0 N–H and O–H groups in total. The maximum atomic E-state index is 13.2. The summed E-state index contributed by atoms with van der Waals surface area (Å²) in [5.74, 6) is 0. The minimum atomic E-state index is -4.10. The van der Waals surface area contributed by atoms with Crippen molar-refractivity contribution in [2.45, 2.75) is 10.9 Å². The third kappa shape index (κ3) is 4.60. The number of halogens is 1. The Morgan fingerprint density at radius 1 is 1.06 bits per heavy atom. The molecule has 0 aromatic heterocycles. The smallest absolute Gasteiger partial charge is 0.292 e. The van der Waals surface area contributed by atoms with Crippen molar-refractivity contribution in [2.75, 3.05) is 0 Å². The van der Waals surface area contributed by atoms with Gasteiger partial charge < -0.3 is 0 Å². The molecule has 0 radical (unpaired) electrons. The molecule has 0 bridgehead atoms. The predicted molar refractivity (Wildman–Crippen MR) is 130 cm³/mol. The number of fused-ring (bicyclic) bond motifs is 1. The van der Waals surface area contributed by atoms with Crippen LogP contribution in [0.1, 0.15) is 11.1 Å². The van der Waals surface area contributed by atoms with Gasteiger partial charge in [-0.2, -0.15) is 10.5 Å². The van der Waals surface area contributed by atoms with E-state index in [4.69, 9.17) is 24.7 Å². The molecule has 9 heteroatoms. The van der Waals surface area contributed by atoms with Crippen LogP contribution in [-0.2, 0) is 9.84 Å². The molecule has 2 aromatic rings. The van der Waals surface area contributed by atoms with Crippen LogP contribution < -0.4 is 0 Å². The fraction of sp³-hybridized carbons (Fsp3) is 0.0385. The van der Waals surface area contributed by atoms with Gasteiger partial charge in [0.1, 0.15) is 0 Å². The van der Waals surface area contributed by atoms with E-state index in [1.54, 1.807) is 36.4 Å². The summed E-state index contributed by atoms with van der Waals surface area (Å²) in [4.78, 5) is 6.10. The second kappa shape index (κ2) is 10.4. The van der Waals surface area contributed by atoms with Gasteiger partial charge in [0, 0.05) is 16.2 Å². The van der Waals surface area contributed by atoms with E-state index in [2.05, 4.69) is 9.69 Å². The summed E-state index contributed by atoms with van der Waals surface area (Å²) in [6, 6.07) is 16.8. The zero-order valence-corrected chi connectivity index (χ0v) is 19.3. The van der Waals surface area contributed by atoms with Crippen LogP contribution in [0.15, 0.2) is 87.8 Å². The molecule has 0 aliphatic carbocycles. The fourth-order valence-corrected chi connectivity index (χ4v) is 5.52. The summed E-state index contributed by atoms with van der Waals surface area (Å²) in [7, 11) is -4.10. The topological polar surface area (TPSA) is 114 Å². The highest BCUT2D eigenvalue weighted by molar-refractivity contribution is 7.96. The zero-order valence-electron chi connectivity index (χ0n) is 17.8. The van der Waals surface area contributed by atoms with Gasteiger partial charge in [0.05, 0.1) is 39.7 Å². The molecule has 166 valence electrons. The standard InChI is InChI=1S/C26H12ClN5O2S/c1-31-21(15-29)25(17-7-4-3-5-8-17)18(14-28)9-6-10-23-26(22(16-30)32-2)20-12-11-19(27)13-24(20)35(23,33)34/h3-13,22H/b10-6+,18-9+,25-21+. The van der Waals surface area contributed by atoms with Crippen LogP contribution in [0.4, 0.5) is 0 Å². The van der Waals surface area contributed by atoms with E-state index in [1.807, 2.05) is 12.1 Å². The van der Waals surface area contributed by atoms with Crippen LogP contribution in [-0.4, -0.2) is 14.5 Å². The van der Waals surface area contributed by atoms with Crippen LogP contribution in [0.25, 0.3) is 20.8 Å². The van der Waals surface area contributed by atoms with Gasteiger partial charge in [-0.25, -0.2) is 25.1 Å². The lowest BCUT2D eigenvalue weighted by Gasteiger charge is -2.06.